The third-order valence-corrected chi connectivity index (χ3v) is 4.82. The largest absolute Gasteiger partial charge is 0.321 e. The number of amides is 1. The van der Waals surface area contributed by atoms with Crippen LogP contribution in [-0.4, -0.2) is 5.91 Å². The zero-order chi connectivity index (χ0) is 20.8. The Balaban J connectivity index is 1.91. The van der Waals surface area contributed by atoms with Crippen molar-refractivity contribution in [2.45, 2.75) is 6.42 Å². The van der Waals surface area contributed by atoms with Gasteiger partial charge >= 0.3 is 0 Å². The van der Waals surface area contributed by atoms with E-state index >= 15 is 0 Å². The first-order valence-corrected chi connectivity index (χ1v) is 9.42. The van der Waals surface area contributed by atoms with Crippen LogP contribution in [0.3, 0.4) is 0 Å². The van der Waals surface area contributed by atoms with Crippen molar-refractivity contribution in [1.29, 1.82) is 5.26 Å². The minimum absolute atomic E-state index is 0.1000. The minimum Gasteiger partial charge on any atom is -0.321 e. The Morgan fingerprint density at radius 3 is 2.45 bits per heavy atom. The van der Waals surface area contributed by atoms with Gasteiger partial charge in [0.05, 0.1) is 0 Å². The molecule has 0 aliphatic rings. The summed E-state index contributed by atoms with van der Waals surface area (Å²) in [5.74, 6) is -1.01. The smallest absolute Gasteiger partial charge is 0.266 e. The maximum atomic E-state index is 13.0. The van der Waals surface area contributed by atoms with Crippen LogP contribution in [-0.2, 0) is 11.2 Å². The summed E-state index contributed by atoms with van der Waals surface area (Å²) in [5.41, 5.74) is 2.71. The Hall–Kier alpha value is -3.13. The highest BCUT2D eigenvalue weighted by Crippen LogP contribution is 2.25. The van der Waals surface area contributed by atoms with Gasteiger partial charge in [0, 0.05) is 15.7 Å². The van der Waals surface area contributed by atoms with Crippen molar-refractivity contribution in [3.05, 3.63) is 105 Å². The first kappa shape index (κ1) is 20.6. The number of hydrogen-bond acceptors (Lipinski definition) is 2. The van der Waals surface area contributed by atoms with Crippen LogP contribution in [0.5, 0.6) is 0 Å². The Labute approximate surface area is 178 Å². The summed E-state index contributed by atoms with van der Waals surface area (Å²) in [4.78, 5) is 12.5. The average Bonchev–Trinajstić information content (AvgIpc) is 2.71. The van der Waals surface area contributed by atoms with Gasteiger partial charge in [-0.15, -0.1) is 0 Å². The van der Waals surface area contributed by atoms with Gasteiger partial charge in [-0.2, -0.15) is 5.26 Å². The zero-order valence-corrected chi connectivity index (χ0v) is 16.6. The minimum atomic E-state index is -0.595. The molecule has 6 heteroatoms. The fraction of sp³-hybridized carbons (Fsp3) is 0.0435. The van der Waals surface area contributed by atoms with Gasteiger partial charge in [-0.3, -0.25) is 4.79 Å². The molecule has 3 aromatic carbocycles. The maximum Gasteiger partial charge on any atom is 0.266 e. The molecule has 0 radical (unpaired) electrons. The van der Waals surface area contributed by atoms with Crippen LogP contribution < -0.4 is 5.32 Å². The third-order valence-electron chi connectivity index (χ3n) is 4.21. The van der Waals surface area contributed by atoms with Crippen LogP contribution in [0.2, 0.25) is 10.0 Å². The van der Waals surface area contributed by atoms with Crippen molar-refractivity contribution in [3.8, 4) is 6.07 Å². The fourth-order valence-electron chi connectivity index (χ4n) is 2.74. The number of rotatable bonds is 5. The first-order valence-electron chi connectivity index (χ1n) is 8.67. The molecule has 0 saturated heterocycles. The van der Waals surface area contributed by atoms with E-state index in [9.17, 15) is 14.4 Å². The third kappa shape index (κ3) is 5.45. The van der Waals surface area contributed by atoms with Gasteiger partial charge in [-0.1, -0.05) is 47.5 Å². The summed E-state index contributed by atoms with van der Waals surface area (Å²) in [6.45, 7) is 0. The molecule has 0 atom stereocenters. The summed E-state index contributed by atoms with van der Waals surface area (Å²) in [6, 6.07) is 19.9. The molecule has 0 saturated carbocycles. The number of halogens is 3. The van der Waals surface area contributed by atoms with Gasteiger partial charge in [-0.25, -0.2) is 4.39 Å². The number of benzene rings is 3. The monoisotopic (exact) mass is 424 g/mol. The van der Waals surface area contributed by atoms with E-state index in [2.05, 4.69) is 5.32 Å². The molecule has 0 unspecified atom stereocenters. The number of nitrogens with one attached hydrogen (secondary N) is 1. The molecule has 1 amide bonds. The second kappa shape index (κ2) is 9.38. The molecule has 144 valence electrons. The molecule has 0 spiro atoms. The summed E-state index contributed by atoms with van der Waals surface area (Å²) in [6.07, 6.45) is 2.00. The number of carbonyl (C=O) groups excluding carboxylic acids is 1. The molecule has 0 bridgehead atoms. The average molecular weight is 425 g/mol. The first-order chi connectivity index (χ1) is 14.0. The van der Waals surface area contributed by atoms with Crippen LogP contribution in [0.25, 0.3) is 6.08 Å². The summed E-state index contributed by atoms with van der Waals surface area (Å²) >= 11 is 12.4. The molecule has 3 nitrogen and oxygen atoms in total. The van der Waals surface area contributed by atoms with E-state index in [4.69, 9.17) is 23.2 Å². The van der Waals surface area contributed by atoms with Crippen molar-refractivity contribution >= 4 is 40.9 Å². The number of nitrogens with zero attached hydrogens (tertiary/aromatic N) is 1. The van der Waals surface area contributed by atoms with E-state index in [0.717, 1.165) is 11.1 Å². The lowest BCUT2D eigenvalue weighted by Gasteiger charge is -2.10. The maximum absolute atomic E-state index is 13.0. The topological polar surface area (TPSA) is 52.9 Å². The Bertz CT molecular complexity index is 1120. The van der Waals surface area contributed by atoms with E-state index < -0.39 is 11.7 Å². The van der Waals surface area contributed by atoms with E-state index in [1.165, 1.54) is 30.3 Å². The van der Waals surface area contributed by atoms with Crippen LogP contribution in [0, 0.1) is 17.1 Å². The molecule has 0 aliphatic heterocycles. The highest BCUT2D eigenvalue weighted by atomic mass is 35.5. The normalized spacial score (nSPS) is 11.0. The number of carbonyl (C=O) groups is 1. The van der Waals surface area contributed by atoms with Crippen molar-refractivity contribution in [3.63, 3.8) is 0 Å². The summed E-state index contributed by atoms with van der Waals surface area (Å²) in [5, 5.41) is 13.2. The van der Waals surface area contributed by atoms with E-state index in [1.54, 1.807) is 18.2 Å². The van der Waals surface area contributed by atoms with Crippen molar-refractivity contribution in [1.82, 2.24) is 0 Å². The molecule has 0 heterocycles. The summed E-state index contributed by atoms with van der Waals surface area (Å²) in [7, 11) is 0. The standard InChI is InChI=1S/C23H15Cl2FN2O/c24-19-6-5-15(11-16-3-1-2-4-22(16)25)17(13-19)12-18(14-27)23(29)28-21-9-7-20(26)8-10-21/h1-10,12-13H,11H2,(H,28,29)/b18-12+. The molecule has 3 rings (SSSR count). The zero-order valence-electron chi connectivity index (χ0n) is 15.1. The van der Waals surface area contributed by atoms with Gasteiger partial charge in [0.15, 0.2) is 0 Å². The SMILES string of the molecule is N#C/C(=C\c1cc(Cl)ccc1Cc1ccccc1Cl)C(=O)Nc1ccc(F)cc1. The van der Waals surface area contributed by atoms with Crippen molar-refractivity contribution in [2.75, 3.05) is 5.32 Å². The van der Waals surface area contributed by atoms with Gasteiger partial charge < -0.3 is 5.32 Å². The van der Waals surface area contributed by atoms with Gasteiger partial charge in [0.1, 0.15) is 17.5 Å². The summed E-state index contributed by atoms with van der Waals surface area (Å²) < 4.78 is 13.0. The second-order valence-corrected chi connectivity index (χ2v) is 7.09. The molecule has 3 aromatic rings. The van der Waals surface area contributed by atoms with Crippen molar-refractivity contribution < 1.29 is 9.18 Å². The van der Waals surface area contributed by atoms with E-state index in [-0.39, 0.29) is 5.57 Å². The molecule has 0 aromatic heterocycles. The quantitative estimate of drug-likeness (QED) is 0.387. The lowest BCUT2D eigenvalue weighted by Crippen LogP contribution is -2.13. The lowest BCUT2D eigenvalue weighted by atomic mass is 9.98. The van der Waals surface area contributed by atoms with Gasteiger partial charge in [0.2, 0.25) is 0 Å². The molecule has 0 fully saturated rings. The predicted octanol–water partition coefficient (Wildman–Crippen LogP) is 6.27. The highest BCUT2D eigenvalue weighted by molar-refractivity contribution is 6.31. The van der Waals surface area contributed by atoms with Crippen LogP contribution >= 0.6 is 23.2 Å². The predicted molar refractivity (Wildman–Crippen MR) is 114 cm³/mol. The highest BCUT2D eigenvalue weighted by Gasteiger charge is 2.12. The van der Waals surface area contributed by atoms with E-state index in [0.29, 0.717) is 27.7 Å². The molecule has 1 N–H and O–H groups in total. The van der Waals surface area contributed by atoms with Crippen LogP contribution in [0.15, 0.2) is 72.3 Å². The fourth-order valence-corrected chi connectivity index (χ4v) is 3.13. The molecule has 29 heavy (non-hydrogen) atoms. The number of hydrogen-bond donors (Lipinski definition) is 1. The Morgan fingerprint density at radius 2 is 1.76 bits per heavy atom. The number of nitriles is 1. The van der Waals surface area contributed by atoms with Gasteiger partial charge in [0.25, 0.3) is 5.91 Å². The van der Waals surface area contributed by atoms with Crippen LogP contribution in [0.4, 0.5) is 10.1 Å². The van der Waals surface area contributed by atoms with Crippen molar-refractivity contribution in [2.24, 2.45) is 0 Å². The Kier molecular flexibility index (Phi) is 6.66. The van der Waals surface area contributed by atoms with E-state index in [1.807, 2.05) is 30.3 Å². The Morgan fingerprint density at radius 1 is 1.03 bits per heavy atom. The molecule has 0 aliphatic carbocycles. The van der Waals surface area contributed by atoms with Crippen LogP contribution in [0.1, 0.15) is 16.7 Å². The second-order valence-electron chi connectivity index (χ2n) is 6.24. The molecular formula is C23H15Cl2FN2O. The lowest BCUT2D eigenvalue weighted by molar-refractivity contribution is -0.112. The number of anilines is 1. The molecular weight excluding hydrogens is 410 g/mol. The van der Waals surface area contributed by atoms with Gasteiger partial charge in [-0.05, 0) is 71.7 Å².